The molecule has 5 heteroatoms. The molecular formula is C18H28N2O3. The molecular weight excluding hydrogens is 292 g/mol. The molecule has 2 N–H and O–H groups in total. The van der Waals surface area contributed by atoms with Gasteiger partial charge in [0.15, 0.2) is 0 Å². The number of nitrogens with zero attached hydrogens (tertiary/aromatic N) is 1. The van der Waals surface area contributed by atoms with Crippen molar-refractivity contribution in [2.75, 3.05) is 13.2 Å². The lowest BCUT2D eigenvalue weighted by atomic mass is 9.88. The highest BCUT2D eigenvalue weighted by Crippen LogP contribution is 2.33. The lowest BCUT2D eigenvalue weighted by Crippen LogP contribution is -2.63. The number of likely N-dealkylation sites (tertiary alicyclic amines) is 1. The molecule has 1 aromatic carbocycles. The van der Waals surface area contributed by atoms with E-state index in [1.165, 1.54) is 0 Å². The summed E-state index contributed by atoms with van der Waals surface area (Å²) < 4.78 is 11.4. The Hall–Kier alpha value is -1.75. The number of ether oxygens (including phenoxy) is 2. The Labute approximate surface area is 138 Å². The maximum Gasteiger partial charge on any atom is 0.410 e. The van der Waals surface area contributed by atoms with E-state index in [1.807, 2.05) is 52.8 Å². The van der Waals surface area contributed by atoms with E-state index < -0.39 is 5.60 Å². The zero-order valence-electron chi connectivity index (χ0n) is 14.8. The van der Waals surface area contributed by atoms with Crippen LogP contribution in [0.15, 0.2) is 18.2 Å². The molecule has 0 aliphatic carbocycles. The summed E-state index contributed by atoms with van der Waals surface area (Å²) in [4.78, 5) is 14.0. The maximum absolute atomic E-state index is 12.2. The highest BCUT2D eigenvalue weighted by atomic mass is 16.6. The molecule has 128 valence electrons. The minimum atomic E-state index is -0.485. The van der Waals surface area contributed by atoms with Crippen molar-refractivity contribution in [1.82, 2.24) is 4.90 Å². The van der Waals surface area contributed by atoms with Crippen LogP contribution in [-0.2, 0) is 11.3 Å². The Bertz CT molecular complexity index is 580. The predicted molar refractivity (Wildman–Crippen MR) is 90.5 cm³/mol. The quantitative estimate of drug-likeness (QED) is 0.925. The topological polar surface area (TPSA) is 64.8 Å². The van der Waals surface area contributed by atoms with Crippen molar-refractivity contribution in [3.05, 3.63) is 29.3 Å². The average Bonchev–Trinajstić information content (AvgIpc) is 2.42. The molecule has 1 amide bonds. The van der Waals surface area contributed by atoms with Crippen molar-refractivity contribution in [2.24, 2.45) is 5.73 Å². The Kier molecular flexibility index (Phi) is 4.90. The maximum atomic E-state index is 12.2. The fourth-order valence-electron chi connectivity index (χ4n) is 2.58. The van der Waals surface area contributed by atoms with Crippen LogP contribution in [-0.4, -0.2) is 35.3 Å². The first-order chi connectivity index (χ1) is 10.6. The first-order valence-electron chi connectivity index (χ1n) is 8.08. The van der Waals surface area contributed by atoms with E-state index in [1.54, 1.807) is 4.90 Å². The van der Waals surface area contributed by atoms with E-state index in [4.69, 9.17) is 15.2 Å². The Morgan fingerprint density at radius 1 is 1.39 bits per heavy atom. The van der Waals surface area contributed by atoms with E-state index in [-0.39, 0.29) is 11.6 Å². The second-order valence-corrected chi connectivity index (χ2v) is 7.46. The van der Waals surface area contributed by atoms with Crippen molar-refractivity contribution in [1.29, 1.82) is 0 Å². The van der Waals surface area contributed by atoms with Gasteiger partial charge in [0.25, 0.3) is 0 Å². The predicted octanol–water partition coefficient (Wildman–Crippen LogP) is 3.23. The first kappa shape index (κ1) is 17.6. The smallest absolute Gasteiger partial charge is 0.410 e. The van der Waals surface area contributed by atoms with Gasteiger partial charge in [-0.2, -0.15) is 0 Å². The molecule has 1 aromatic rings. The average molecular weight is 320 g/mol. The van der Waals surface area contributed by atoms with Crippen molar-refractivity contribution in [3.63, 3.8) is 0 Å². The van der Waals surface area contributed by atoms with Gasteiger partial charge >= 0.3 is 6.09 Å². The highest BCUT2D eigenvalue weighted by Gasteiger charge is 2.46. The van der Waals surface area contributed by atoms with Gasteiger partial charge in [-0.1, -0.05) is 6.07 Å². The summed E-state index contributed by atoms with van der Waals surface area (Å²) in [5.74, 6) is 0.785. The Morgan fingerprint density at radius 2 is 2.09 bits per heavy atom. The SMILES string of the molecule is Cc1ccc(OCC2(C)CCN2C(=O)OC(C)(C)C)cc1CN. The van der Waals surface area contributed by atoms with Crippen molar-refractivity contribution >= 4 is 6.09 Å². The van der Waals surface area contributed by atoms with E-state index in [9.17, 15) is 4.79 Å². The van der Waals surface area contributed by atoms with Gasteiger partial charge < -0.3 is 15.2 Å². The van der Waals surface area contributed by atoms with E-state index >= 15 is 0 Å². The highest BCUT2D eigenvalue weighted by molar-refractivity contribution is 5.70. The van der Waals surface area contributed by atoms with Crippen LogP contribution in [0, 0.1) is 6.92 Å². The van der Waals surface area contributed by atoms with Crippen LogP contribution in [0.5, 0.6) is 5.75 Å². The minimum Gasteiger partial charge on any atom is -0.491 e. The van der Waals surface area contributed by atoms with E-state index in [0.29, 0.717) is 19.7 Å². The molecule has 0 spiro atoms. The normalized spacial score (nSPS) is 20.9. The molecule has 2 rings (SSSR count). The van der Waals surface area contributed by atoms with Crippen LogP contribution in [0.2, 0.25) is 0 Å². The van der Waals surface area contributed by atoms with Crippen LogP contribution in [0.1, 0.15) is 45.2 Å². The van der Waals surface area contributed by atoms with Crippen LogP contribution in [0.25, 0.3) is 0 Å². The summed E-state index contributed by atoms with van der Waals surface area (Å²) in [5, 5.41) is 0. The molecule has 0 bridgehead atoms. The van der Waals surface area contributed by atoms with Gasteiger partial charge in [0.05, 0.1) is 5.54 Å². The fourth-order valence-corrected chi connectivity index (χ4v) is 2.58. The second kappa shape index (κ2) is 6.40. The number of aryl methyl sites for hydroxylation is 1. The van der Waals surface area contributed by atoms with Gasteiger partial charge in [0.1, 0.15) is 18.0 Å². The molecule has 1 atom stereocenters. The molecule has 1 saturated heterocycles. The number of rotatable bonds is 4. The molecule has 1 fully saturated rings. The van der Waals surface area contributed by atoms with Crippen LogP contribution in [0.4, 0.5) is 4.79 Å². The lowest BCUT2D eigenvalue weighted by molar-refractivity contribution is -0.0533. The van der Waals surface area contributed by atoms with E-state index in [0.717, 1.165) is 23.3 Å². The number of hydrogen-bond acceptors (Lipinski definition) is 4. The summed E-state index contributed by atoms with van der Waals surface area (Å²) >= 11 is 0. The molecule has 23 heavy (non-hydrogen) atoms. The molecule has 0 aromatic heterocycles. The van der Waals surface area contributed by atoms with Gasteiger partial charge in [0.2, 0.25) is 0 Å². The summed E-state index contributed by atoms with van der Waals surface area (Å²) in [5.41, 5.74) is 7.16. The molecule has 1 aliphatic rings. The summed E-state index contributed by atoms with van der Waals surface area (Å²) in [6, 6.07) is 5.91. The zero-order chi connectivity index (χ0) is 17.3. The van der Waals surface area contributed by atoms with Gasteiger partial charge in [-0.3, -0.25) is 4.90 Å². The Balaban J connectivity index is 1.98. The molecule has 1 unspecified atom stereocenters. The number of benzene rings is 1. The third-order valence-corrected chi connectivity index (χ3v) is 4.23. The first-order valence-corrected chi connectivity index (χ1v) is 8.08. The minimum absolute atomic E-state index is 0.276. The standard InChI is InChI=1S/C18H28N2O3/c1-13-6-7-15(10-14(13)11-19)22-12-18(5)8-9-20(18)16(21)23-17(2,3)4/h6-7,10H,8-9,11-12,19H2,1-5H3. The van der Waals surface area contributed by atoms with Gasteiger partial charge in [-0.15, -0.1) is 0 Å². The van der Waals surface area contributed by atoms with Gasteiger partial charge in [-0.25, -0.2) is 4.79 Å². The lowest BCUT2D eigenvalue weighted by Gasteiger charge is -2.49. The monoisotopic (exact) mass is 320 g/mol. The van der Waals surface area contributed by atoms with Gasteiger partial charge in [-0.05, 0) is 64.3 Å². The summed E-state index contributed by atoms with van der Waals surface area (Å²) in [7, 11) is 0. The Morgan fingerprint density at radius 3 is 2.61 bits per heavy atom. The molecule has 0 radical (unpaired) electrons. The zero-order valence-corrected chi connectivity index (χ0v) is 14.8. The molecule has 1 heterocycles. The summed E-state index contributed by atoms with van der Waals surface area (Å²) in [6.45, 7) is 11.3. The number of carbonyl (C=O) groups excluding carboxylic acids is 1. The third kappa shape index (κ3) is 4.16. The van der Waals surface area contributed by atoms with E-state index in [2.05, 4.69) is 0 Å². The largest absolute Gasteiger partial charge is 0.491 e. The molecule has 0 saturated carbocycles. The number of nitrogens with two attached hydrogens (primary N) is 1. The van der Waals surface area contributed by atoms with Crippen LogP contribution >= 0.6 is 0 Å². The van der Waals surface area contributed by atoms with Crippen molar-refractivity contribution in [3.8, 4) is 5.75 Å². The fraction of sp³-hybridized carbons (Fsp3) is 0.611. The van der Waals surface area contributed by atoms with Crippen LogP contribution < -0.4 is 10.5 Å². The molecule has 5 nitrogen and oxygen atoms in total. The summed E-state index contributed by atoms with van der Waals surface area (Å²) in [6.07, 6.45) is 0.628. The second-order valence-electron chi connectivity index (χ2n) is 7.46. The number of amides is 1. The van der Waals surface area contributed by atoms with Crippen molar-refractivity contribution < 1.29 is 14.3 Å². The number of carbonyl (C=O) groups is 1. The van der Waals surface area contributed by atoms with Crippen molar-refractivity contribution in [2.45, 2.75) is 58.7 Å². The van der Waals surface area contributed by atoms with Crippen LogP contribution in [0.3, 0.4) is 0 Å². The third-order valence-electron chi connectivity index (χ3n) is 4.23. The number of hydrogen-bond donors (Lipinski definition) is 1. The van der Waals surface area contributed by atoms with Gasteiger partial charge in [0, 0.05) is 13.1 Å². The molecule has 1 aliphatic heterocycles.